The van der Waals surface area contributed by atoms with Crippen LogP contribution in [0.2, 0.25) is 0 Å². The summed E-state index contributed by atoms with van der Waals surface area (Å²) in [6, 6.07) is 6.89. The molecule has 1 aromatic rings. The lowest BCUT2D eigenvalue weighted by molar-refractivity contribution is -0.137. The summed E-state index contributed by atoms with van der Waals surface area (Å²) in [5, 5.41) is 8.60. The largest absolute Gasteiger partial charge is 0.497 e. The monoisotopic (exact) mass is 277 g/mol. The van der Waals surface area contributed by atoms with Gasteiger partial charge in [-0.25, -0.2) is 0 Å². The van der Waals surface area contributed by atoms with Gasteiger partial charge in [-0.3, -0.25) is 4.79 Å². The second kappa shape index (κ2) is 8.22. The van der Waals surface area contributed by atoms with Gasteiger partial charge in [-0.1, -0.05) is 12.1 Å². The van der Waals surface area contributed by atoms with E-state index in [0.717, 1.165) is 17.1 Å². The fraction of sp³-hybridized carbons (Fsp3) is 0.364. The van der Waals surface area contributed by atoms with Gasteiger partial charge in [-0.05, 0) is 17.7 Å². The Morgan fingerprint density at radius 1 is 1.59 bits per heavy atom. The Kier molecular flexibility index (Phi) is 7.78. The van der Waals surface area contributed by atoms with Crippen LogP contribution in [0.5, 0.6) is 5.75 Å². The van der Waals surface area contributed by atoms with Crippen LogP contribution in [0.4, 0.5) is 0 Å². The van der Waals surface area contributed by atoms with Gasteiger partial charge in [0, 0.05) is 11.5 Å². The topological polar surface area (TPSA) is 72.5 Å². The highest BCUT2D eigenvalue weighted by Gasteiger charge is 2.10. The number of carboxylic acid groups (broad SMARTS) is 1. The Bertz CT molecular complexity index is 362. The summed E-state index contributed by atoms with van der Waals surface area (Å²) < 4.78 is 5.09. The van der Waals surface area contributed by atoms with Gasteiger partial charge in [0.2, 0.25) is 0 Å². The number of carboxylic acids is 1. The van der Waals surface area contributed by atoms with Gasteiger partial charge in [-0.15, -0.1) is 12.4 Å². The molecule has 0 fully saturated rings. The summed E-state index contributed by atoms with van der Waals surface area (Å²) in [7, 11) is 1.62. The van der Waals surface area contributed by atoms with Crippen molar-refractivity contribution in [1.29, 1.82) is 0 Å². The zero-order valence-corrected chi connectivity index (χ0v) is 11.1. The van der Waals surface area contributed by atoms with Crippen molar-refractivity contribution < 1.29 is 14.6 Å². The molecule has 0 aromatic heterocycles. The molecule has 0 saturated heterocycles. The minimum absolute atomic E-state index is 0. The number of aliphatic carboxylic acids is 1. The van der Waals surface area contributed by atoms with Crippen LogP contribution in [0.3, 0.4) is 0 Å². The van der Waals surface area contributed by atoms with Crippen molar-refractivity contribution >= 4 is 30.1 Å². The number of hydrogen-bond donors (Lipinski definition) is 2. The van der Waals surface area contributed by atoms with Crippen molar-refractivity contribution in [2.24, 2.45) is 5.73 Å². The van der Waals surface area contributed by atoms with E-state index in [1.54, 1.807) is 7.11 Å². The Balaban J connectivity index is 0.00000256. The Hall–Kier alpha value is -0.910. The fourth-order valence-corrected chi connectivity index (χ4v) is 2.07. The van der Waals surface area contributed by atoms with E-state index >= 15 is 0 Å². The first-order chi connectivity index (χ1) is 7.63. The molecule has 0 aliphatic heterocycles. The molecular formula is C11H16ClNO3S. The lowest BCUT2D eigenvalue weighted by Gasteiger charge is -2.07. The molecule has 0 aliphatic rings. The molecule has 96 valence electrons. The number of hydrogen-bond acceptors (Lipinski definition) is 4. The SMILES string of the molecule is COc1cccc(CSC[C@H](N)C(=O)O)c1.Cl. The van der Waals surface area contributed by atoms with E-state index in [0.29, 0.717) is 5.75 Å². The zero-order valence-electron chi connectivity index (χ0n) is 9.46. The van der Waals surface area contributed by atoms with Crippen LogP contribution in [0.1, 0.15) is 5.56 Å². The number of carbonyl (C=O) groups is 1. The van der Waals surface area contributed by atoms with Gasteiger partial charge in [0.25, 0.3) is 0 Å². The standard InChI is InChI=1S/C11H15NO3S.ClH/c1-15-9-4-2-3-8(5-9)6-16-7-10(12)11(13)14;/h2-5,10H,6-7,12H2,1H3,(H,13,14);1H/t10-;/m0./s1. The van der Waals surface area contributed by atoms with E-state index in [1.165, 1.54) is 11.8 Å². The molecule has 3 N–H and O–H groups in total. The predicted molar refractivity (Wildman–Crippen MR) is 72.0 cm³/mol. The number of ether oxygens (including phenoxy) is 1. The quantitative estimate of drug-likeness (QED) is 0.829. The van der Waals surface area contributed by atoms with E-state index in [9.17, 15) is 4.79 Å². The smallest absolute Gasteiger partial charge is 0.321 e. The summed E-state index contributed by atoms with van der Waals surface area (Å²) in [5.74, 6) is 0.990. The number of rotatable bonds is 6. The van der Waals surface area contributed by atoms with Gasteiger partial charge < -0.3 is 15.6 Å². The third kappa shape index (κ3) is 5.81. The molecule has 0 amide bonds. The van der Waals surface area contributed by atoms with Crippen LogP contribution in [-0.4, -0.2) is 30.0 Å². The van der Waals surface area contributed by atoms with E-state index in [4.69, 9.17) is 15.6 Å². The molecule has 0 aliphatic carbocycles. The van der Waals surface area contributed by atoms with Crippen molar-refractivity contribution in [3.63, 3.8) is 0 Å². The highest BCUT2D eigenvalue weighted by atomic mass is 35.5. The summed E-state index contributed by atoms with van der Waals surface area (Å²) in [6.07, 6.45) is 0. The maximum atomic E-state index is 10.5. The van der Waals surface area contributed by atoms with E-state index in [2.05, 4.69) is 0 Å². The average molecular weight is 278 g/mol. The molecule has 1 aromatic carbocycles. The molecule has 1 atom stereocenters. The zero-order chi connectivity index (χ0) is 12.0. The minimum Gasteiger partial charge on any atom is -0.497 e. The summed E-state index contributed by atoms with van der Waals surface area (Å²) in [4.78, 5) is 10.5. The van der Waals surface area contributed by atoms with Gasteiger partial charge in [0.15, 0.2) is 0 Å². The van der Waals surface area contributed by atoms with E-state index in [1.807, 2.05) is 24.3 Å². The lowest BCUT2D eigenvalue weighted by atomic mass is 10.2. The Morgan fingerprint density at radius 2 is 2.29 bits per heavy atom. The molecule has 0 unspecified atom stereocenters. The number of nitrogens with two attached hydrogens (primary N) is 1. The molecule has 0 spiro atoms. The van der Waals surface area contributed by atoms with Gasteiger partial charge >= 0.3 is 5.97 Å². The molecule has 0 saturated carbocycles. The highest BCUT2D eigenvalue weighted by molar-refractivity contribution is 7.98. The number of benzene rings is 1. The molecule has 17 heavy (non-hydrogen) atoms. The molecule has 0 heterocycles. The number of halogens is 1. The summed E-state index contributed by atoms with van der Waals surface area (Å²) in [6.45, 7) is 0. The van der Waals surface area contributed by atoms with Crippen LogP contribution in [0.25, 0.3) is 0 Å². The van der Waals surface area contributed by atoms with E-state index in [-0.39, 0.29) is 12.4 Å². The summed E-state index contributed by atoms with van der Waals surface area (Å²) in [5.41, 5.74) is 6.49. The molecule has 6 heteroatoms. The van der Waals surface area contributed by atoms with E-state index < -0.39 is 12.0 Å². The molecule has 0 radical (unpaired) electrons. The third-order valence-corrected chi connectivity index (χ3v) is 3.15. The molecule has 4 nitrogen and oxygen atoms in total. The molecule has 0 bridgehead atoms. The first-order valence-corrected chi connectivity index (χ1v) is 5.98. The van der Waals surface area contributed by atoms with Crippen LogP contribution in [0, 0.1) is 0 Å². The van der Waals surface area contributed by atoms with Crippen LogP contribution >= 0.6 is 24.2 Å². The van der Waals surface area contributed by atoms with Gasteiger partial charge in [-0.2, -0.15) is 11.8 Å². The third-order valence-electron chi connectivity index (χ3n) is 2.02. The van der Waals surface area contributed by atoms with Gasteiger partial charge in [0.05, 0.1) is 7.11 Å². The first kappa shape index (κ1) is 16.1. The maximum Gasteiger partial charge on any atom is 0.321 e. The average Bonchev–Trinajstić information content (AvgIpc) is 2.29. The van der Waals surface area contributed by atoms with Crippen molar-refractivity contribution in [2.45, 2.75) is 11.8 Å². The van der Waals surface area contributed by atoms with Gasteiger partial charge in [0.1, 0.15) is 11.8 Å². The molecular weight excluding hydrogens is 262 g/mol. The second-order valence-electron chi connectivity index (χ2n) is 3.31. The lowest BCUT2D eigenvalue weighted by Crippen LogP contribution is -2.32. The fourth-order valence-electron chi connectivity index (χ4n) is 1.14. The van der Waals surface area contributed by atoms with Crippen LogP contribution in [-0.2, 0) is 10.5 Å². The Labute approximate surface area is 111 Å². The summed E-state index contributed by atoms with van der Waals surface area (Å²) >= 11 is 1.50. The number of thioether (sulfide) groups is 1. The van der Waals surface area contributed by atoms with Crippen molar-refractivity contribution in [3.05, 3.63) is 29.8 Å². The maximum absolute atomic E-state index is 10.5. The molecule has 1 rings (SSSR count). The van der Waals surface area contributed by atoms with Crippen LogP contribution in [0.15, 0.2) is 24.3 Å². The van der Waals surface area contributed by atoms with Crippen LogP contribution < -0.4 is 10.5 Å². The van der Waals surface area contributed by atoms with Crippen molar-refractivity contribution in [1.82, 2.24) is 0 Å². The predicted octanol–water partition coefficient (Wildman–Crippen LogP) is 1.76. The van der Waals surface area contributed by atoms with Crippen molar-refractivity contribution in [3.8, 4) is 5.75 Å². The van der Waals surface area contributed by atoms with Crippen molar-refractivity contribution in [2.75, 3.05) is 12.9 Å². The number of methoxy groups -OCH3 is 1. The Morgan fingerprint density at radius 3 is 2.88 bits per heavy atom. The normalized spacial score (nSPS) is 11.4. The second-order valence-corrected chi connectivity index (χ2v) is 4.34. The highest BCUT2D eigenvalue weighted by Crippen LogP contribution is 2.18. The minimum atomic E-state index is -0.960. The first-order valence-electron chi connectivity index (χ1n) is 4.82.